The lowest BCUT2D eigenvalue weighted by Gasteiger charge is -2.17. The molecule has 2 aromatic rings. The molecule has 0 spiro atoms. The first-order chi connectivity index (χ1) is 11.0. The number of hydrogen-bond donors (Lipinski definition) is 1. The second kappa shape index (κ2) is 6.21. The number of allylic oxidation sites excluding steroid dienone is 2. The van der Waals surface area contributed by atoms with Crippen LogP contribution in [0.4, 0.5) is 0 Å². The molecular weight excluding hydrogens is 312 g/mol. The van der Waals surface area contributed by atoms with E-state index in [4.69, 9.17) is 12.2 Å². The van der Waals surface area contributed by atoms with Crippen LogP contribution in [0.3, 0.4) is 0 Å². The Balaban J connectivity index is 1.94. The summed E-state index contributed by atoms with van der Waals surface area (Å²) >= 11 is 5.30. The van der Waals surface area contributed by atoms with Gasteiger partial charge in [0.05, 0.1) is 12.5 Å². The molecule has 0 atom stereocenters. The molecule has 1 aromatic carbocycles. The summed E-state index contributed by atoms with van der Waals surface area (Å²) < 4.78 is 2.35. The summed E-state index contributed by atoms with van der Waals surface area (Å²) in [5.41, 5.74) is 1.95. The Kier molecular flexibility index (Phi) is 4.12. The average molecular weight is 327 g/mol. The average Bonchev–Trinajstić information content (AvgIpc) is 2.89. The molecule has 1 aliphatic rings. The highest BCUT2D eigenvalue weighted by Gasteiger charge is 2.12. The van der Waals surface area contributed by atoms with Gasteiger partial charge in [-0.05, 0) is 41.7 Å². The molecule has 0 aliphatic carbocycles. The number of carboxylic acids is 1. The summed E-state index contributed by atoms with van der Waals surface area (Å²) in [6, 6.07) is 6.64. The molecule has 6 nitrogen and oxygen atoms in total. The first-order valence-corrected chi connectivity index (χ1v) is 7.50. The number of aromatic nitrogens is 3. The van der Waals surface area contributed by atoms with Gasteiger partial charge < -0.3 is 14.8 Å². The van der Waals surface area contributed by atoms with Gasteiger partial charge in [0.1, 0.15) is 0 Å². The van der Waals surface area contributed by atoms with Crippen LogP contribution in [-0.4, -0.2) is 39.2 Å². The van der Waals surface area contributed by atoms with Crippen molar-refractivity contribution in [2.45, 2.75) is 6.54 Å². The Morgan fingerprint density at radius 3 is 3.00 bits per heavy atom. The van der Waals surface area contributed by atoms with Gasteiger partial charge in [0, 0.05) is 19.2 Å². The topological polar surface area (TPSA) is 77.0 Å². The van der Waals surface area contributed by atoms with Crippen molar-refractivity contribution in [3.63, 3.8) is 0 Å². The van der Waals surface area contributed by atoms with E-state index in [2.05, 4.69) is 21.2 Å². The van der Waals surface area contributed by atoms with Crippen molar-refractivity contribution in [3.05, 3.63) is 64.3 Å². The molecule has 7 heteroatoms. The van der Waals surface area contributed by atoms with E-state index in [9.17, 15) is 9.90 Å². The number of benzene rings is 1. The van der Waals surface area contributed by atoms with Gasteiger partial charge in [-0.2, -0.15) is 5.10 Å². The Morgan fingerprint density at radius 2 is 2.30 bits per heavy atom. The molecule has 1 aliphatic heterocycles. The fourth-order valence-electron chi connectivity index (χ4n) is 2.41. The predicted octanol–water partition coefficient (Wildman–Crippen LogP) is 1.19. The fraction of sp³-hybridized carbons (Fsp3) is 0.188. The van der Waals surface area contributed by atoms with Crippen molar-refractivity contribution in [3.8, 4) is 0 Å². The van der Waals surface area contributed by atoms with E-state index in [-0.39, 0.29) is 5.56 Å². The van der Waals surface area contributed by atoms with Gasteiger partial charge >= 0.3 is 0 Å². The van der Waals surface area contributed by atoms with Crippen molar-refractivity contribution < 1.29 is 9.90 Å². The van der Waals surface area contributed by atoms with E-state index in [1.807, 2.05) is 30.0 Å². The minimum Gasteiger partial charge on any atom is -0.545 e. The van der Waals surface area contributed by atoms with Crippen LogP contribution in [-0.2, 0) is 6.54 Å². The zero-order valence-electron chi connectivity index (χ0n) is 12.5. The fourth-order valence-corrected chi connectivity index (χ4v) is 2.61. The molecule has 0 radical (unpaired) electrons. The van der Waals surface area contributed by atoms with Crippen LogP contribution in [0.2, 0.25) is 0 Å². The number of carbonyl (C=O) groups excluding carboxylic acids is 1. The maximum atomic E-state index is 11.0. The standard InChI is InChI=1S/C16H16N4O2S/c1-19-7-5-12(6-8-19)14-17-18-16(23)20(14)10-11-3-2-4-13(9-11)15(21)22/h2-7,9H,8,10H2,1H3,(H,18,23)(H,21,22)/p-1. The van der Waals surface area contributed by atoms with Crippen LogP contribution >= 0.6 is 12.2 Å². The normalized spacial score (nSPS) is 14.0. The maximum absolute atomic E-state index is 11.0. The van der Waals surface area contributed by atoms with Gasteiger partial charge in [-0.25, -0.2) is 0 Å². The van der Waals surface area contributed by atoms with E-state index in [0.717, 1.165) is 23.5 Å². The minimum absolute atomic E-state index is 0.150. The molecule has 3 rings (SSSR count). The number of likely N-dealkylation sites (N-methyl/N-ethyl adjacent to an activating group) is 1. The van der Waals surface area contributed by atoms with Crippen molar-refractivity contribution in [2.24, 2.45) is 0 Å². The first-order valence-electron chi connectivity index (χ1n) is 7.09. The molecule has 23 heavy (non-hydrogen) atoms. The molecule has 1 N–H and O–H groups in total. The van der Waals surface area contributed by atoms with Gasteiger partial charge in [-0.15, -0.1) is 0 Å². The first kappa shape index (κ1) is 15.2. The lowest BCUT2D eigenvalue weighted by Crippen LogP contribution is -2.22. The summed E-state index contributed by atoms with van der Waals surface area (Å²) in [4.78, 5) is 13.0. The Labute approximate surface area is 138 Å². The van der Waals surface area contributed by atoms with E-state index in [1.54, 1.807) is 12.1 Å². The third kappa shape index (κ3) is 3.24. The number of nitrogens with zero attached hydrogens (tertiary/aromatic N) is 3. The Hall–Kier alpha value is -2.67. The molecular formula is C16H15N4O2S-. The van der Waals surface area contributed by atoms with Crippen molar-refractivity contribution in [2.75, 3.05) is 13.6 Å². The zero-order chi connectivity index (χ0) is 16.4. The van der Waals surface area contributed by atoms with E-state index < -0.39 is 5.97 Å². The largest absolute Gasteiger partial charge is 0.545 e. The second-order valence-corrected chi connectivity index (χ2v) is 5.73. The van der Waals surface area contributed by atoms with Gasteiger partial charge in [0.15, 0.2) is 10.6 Å². The molecule has 0 saturated heterocycles. The predicted molar refractivity (Wildman–Crippen MR) is 87.0 cm³/mol. The number of hydrogen-bond acceptors (Lipinski definition) is 5. The summed E-state index contributed by atoms with van der Waals surface area (Å²) in [7, 11) is 1.99. The van der Waals surface area contributed by atoms with Gasteiger partial charge in [-0.1, -0.05) is 24.3 Å². The van der Waals surface area contributed by atoms with Crippen molar-refractivity contribution >= 4 is 23.8 Å². The molecule has 0 amide bonds. The lowest BCUT2D eigenvalue weighted by atomic mass is 10.1. The van der Waals surface area contributed by atoms with Gasteiger partial charge in [0.2, 0.25) is 0 Å². The monoisotopic (exact) mass is 327 g/mol. The summed E-state index contributed by atoms with van der Waals surface area (Å²) in [5, 5.41) is 18.1. The SMILES string of the molecule is CN1C=CC(c2n[nH]c(=S)n2Cc2cccc(C(=O)[O-])c2)=CC1. The number of carboxylic acid groups (broad SMARTS) is 1. The summed E-state index contributed by atoms with van der Waals surface area (Å²) in [6.45, 7) is 1.23. The smallest absolute Gasteiger partial charge is 0.195 e. The highest BCUT2D eigenvalue weighted by Crippen LogP contribution is 2.19. The number of aromatic carboxylic acids is 1. The highest BCUT2D eigenvalue weighted by atomic mass is 32.1. The van der Waals surface area contributed by atoms with Gasteiger partial charge in [-0.3, -0.25) is 9.67 Å². The minimum atomic E-state index is -1.19. The molecule has 0 saturated carbocycles. The summed E-state index contributed by atoms with van der Waals surface area (Å²) in [5.74, 6) is -0.456. The number of rotatable bonds is 4. The van der Waals surface area contributed by atoms with E-state index in [0.29, 0.717) is 11.3 Å². The number of nitrogens with one attached hydrogen (secondary N) is 1. The molecule has 1 aromatic heterocycles. The highest BCUT2D eigenvalue weighted by molar-refractivity contribution is 7.71. The van der Waals surface area contributed by atoms with E-state index in [1.165, 1.54) is 6.07 Å². The van der Waals surface area contributed by atoms with Crippen LogP contribution in [0.25, 0.3) is 5.57 Å². The van der Waals surface area contributed by atoms with Crippen LogP contribution in [0.1, 0.15) is 21.7 Å². The number of H-pyrrole nitrogens is 1. The summed E-state index contributed by atoms with van der Waals surface area (Å²) in [6.07, 6.45) is 6.02. The van der Waals surface area contributed by atoms with Gasteiger partial charge in [0.25, 0.3) is 0 Å². The Morgan fingerprint density at radius 1 is 1.48 bits per heavy atom. The van der Waals surface area contributed by atoms with Crippen molar-refractivity contribution in [1.29, 1.82) is 0 Å². The van der Waals surface area contributed by atoms with Crippen LogP contribution in [0.15, 0.2) is 42.6 Å². The number of carbonyl (C=O) groups is 1. The molecule has 118 valence electrons. The Bertz CT molecular complexity index is 863. The van der Waals surface area contributed by atoms with E-state index >= 15 is 0 Å². The number of aromatic amines is 1. The van der Waals surface area contributed by atoms with Crippen LogP contribution < -0.4 is 5.11 Å². The van der Waals surface area contributed by atoms with Crippen LogP contribution in [0, 0.1) is 4.77 Å². The van der Waals surface area contributed by atoms with Crippen LogP contribution in [0.5, 0.6) is 0 Å². The second-order valence-electron chi connectivity index (χ2n) is 5.34. The zero-order valence-corrected chi connectivity index (χ0v) is 13.3. The lowest BCUT2D eigenvalue weighted by molar-refractivity contribution is -0.255. The molecule has 0 fully saturated rings. The molecule has 2 heterocycles. The third-order valence-corrected chi connectivity index (χ3v) is 3.94. The maximum Gasteiger partial charge on any atom is 0.195 e. The van der Waals surface area contributed by atoms with Crippen molar-refractivity contribution in [1.82, 2.24) is 19.7 Å². The molecule has 0 unspecified atom stereocenters. The quantitative estimate of drug-likeness (QED) is 0.854. The third-order valence-electron chi connectivity index (χ3n) is 3.63. The molecule has 0 bridgehead atoms.